The van der Waals surface area contributed by atoms with Gasteiger partial charge in [-0.1, -0.05) is 0 Å². The number of hydrogen-bond donors (Lipinski definition) is 6. The number of halogens is 8. The van der Waals surface area contributed by atoms with Crippen LogP contribution in [0.1, 0.15) is 10.4 Å². The van der Waals surface area contributed by atoms with Crippen LogP contribution in [0.25, 0.3) is 0 Å². The molecular weight excluding hydrogens is 493 g/mol. The molecule has 0 aliphatic rings. The first-order valence-electron chi connectivity index (χ1n) is 4.50. The monoisotopic (exact) mass is 515 g/mol. The van der Waals surface area contributed by atoms with Gasteiger partial charge in [-0.25, -0.2) is 5.84 Å². The fourth-order valence-electron chi connectivity index (χ4n) is 0.587. The minimum Gasteiger partial charge on any atom is -0.418 e. The van der Waals surface area contributed by atoms with Gasteiger partial charge in [-0.15, -0.1) is 0 Å². The van der Waals surface area contributed by atoms with Gasteiger partial charge in [0.15, 0.2) is 0 Å². The molecule has 1 aromatic rings. The molecule has 0 saturated carbocycles. The van der Waals surface area contributed by atoms with E-state index in [9.17, 15) is 39.3 Å². The zero-order valence-electron chi connectivity index (χ0n) is 13.1. The maximum absolute atomic E-state index is 10.7. The molecule has 162 valence electrons. The number of nitrogens with one attached hydrogen (secondary N) is 1. The molecule has 15 N–H and O–H groups in total. The van der Waals surface area contributed by atoms with Crippen molar-refractivity contribution < 1.29 is 58.8 Å². The van der Waals surface area contributed by atoms with Crippen LogP contribution in [0.5, 0.6) is 0 Å². The number of pyridine rings is 1. The predicted molar refractivity (Wildman–Crippen MR) is 86.7 cm³/mol. The third-order valence-electron chi connectivity index (χ3n) is 1.07. The summed E-state index contributed by atoms with van der Waals surface area (Å²) in [6.45, 7) is 0. The van der Waals surface area contributed by atoms with Crippen LogP contribution in [-0.2, 0) is 19.5 Å². The molecule has 26 heavy (non-hydrogen) atoms. The number of aromatic nitrogens is 1. The molecule has 0 aromatic carbocycles. The Kier molecular flexibility index (Phi) is 45.9. The van der Waals surface area contributed by atoms with Crippen molar-refractivity contribution in [2.45, 2.75) is 0 Å². The van der Waals surface area contributed by atoms with E-state index in [0.717, 1.165) is 0 Å². The Morgan fingerprint density at radius 3 is 1.27 bits per heavy atom. The number of hydrazine groups is 1. The summed E-state index contributed by atoms with van der Waals surface area (Å²) in [5, 5.41) is 0. The summed E-state index contributed by atoms with van der Waals surface area (Å²) in [7, 11) is -12.0. The number of rotatable bonds is 1. The molecule has 0 bridgehead atoms. The standard InChI is InChI=1S/C6H7N3O.2BF4.4H3N.Ru.H2S/c7-9-6(10)5-1-3-8-4-2-5;2*2-1(3,4)5;;;;;;/h1-4H,7H2,(H,9,10);;;4*1H3;;1H2/q;2*-1;;;;;+2;. The van der Waals surface area contributed by atoms with Crippen molar-refractivity contribution in [1.82, 2.24) is 35.0 Å². The quantitative estimate of drug-likeness (QED) is 0.108. The van der Waals surface area contributed by atoms with Crippen molar-refractivity contribution in [3.05, 3.63) is 30.1 Å². The average Bonchev–Trinajstić information content (AvgIpc) is 2.25. The third kappa shape index (κ3) is 65.9. The molecular formula is C6H21B2F8N7ORuS. The Bertz CT molecular complexity index is 381. The molecule has 0 spiro atoms. The molecule has 1 amide bonds. The molecule has 0 aliphatic heterocycles. The van der Waals surface area contributed by atoms with Crippen LogP contribution in [-0.4, -0.2) is 25.4 Å². The maximum atomic E-state index is 10.7. The van der Waals surface area contributed by atoms with Crippen molar-refractivity contribution in [3.8, 4) is 0 Å². The fourth-order valence-corrected chi connectivity index (χ4v) is 0.587. The maximum Gasteiger partial charge on any atom is 2.00 e. The van der Waals surface area contributed by atoms with E-state index in [2.05, 4.69) is 4.98 Å². The van der Waals surface area contributed by atoms with Crippen LogP contribution in [0.15, 0.2) is 24.5 Å². The number of carbonyl (C=O) groups excluding carboxylic acids is 1. The first kappa shape index (κ1) is 49.8. The minimum absolute atomic E-state index is 0. The van der Waals surface area contributed by atoms with E-state index in [1.54, 1.807) is 12.1 Å². The van der Waals surface area contributed by atoms with Gasteiger partial charge >= 0.3 is 34.0 Å². The summed E-state index contributed by atoms with van der Waals surface area (Å²) >= 11 is 0. The first-order chi connectivity index (χ1) is 8.84. The molecule has 1 rings (SSSR count). The Morgan fingerprint density at radius 1 is 0.846 bits per heavy atom. The van der Waals surface area contributed by atoms with Crippen molar-refractivity contribution in [2.75, 3.05) is 0 Å². The Balaban J connectivity index is -0.0000000302. The number of amides is 1. The Hall–Kier alpha value is -1.04. The van der Waals surface area contributed by atoms with Crippen LogP contribution < -0.4 is 35.9 Å². The van der Waals surface area contributed by atoms with E-state index >= 15 is 0 Å². The van der Waals surface area contributed by atoms with Gasteiger partial charge in [0, 0.05) is 18.0 Å². The Morgan fingerprint density at radius 2 is 1.08 bits per heavy atom. The molecule has 1 heterocycles. The van der Waals surface area contributed by atoms with E-state index in [-0.39, 0.29) is 63.5 Å². The van der Waals surface area contributed by atoms with E-state index < -0.39 is 14.5 Å². The van der Waals surface area contributed by atoms with Crippen molar-refractivity contribution in [2.24, 2.45) is 5.84 Å². The van der Waals surface area contributed by atoms with E-state index in [1.165, 1.54) is 12.4 Å². The van der Waals surface area contributed by atoms with E-state index in [1.807, 2.05) is 5.43 Å². The third-order valence-corrected chi connectivity index (χ3v) is 1.07. The van der Waals surface area contributed by atoms with Gasteiger partial charge in [0.05, 0.1) is 0 Å². The number of nitrogen functional groups attached to an aromatic ring is 1. The van der Waals surface area contributed by atoms with E-state index in [4.69, 9.17) is 5.84 Å². The number of nitrogens with zero attached hydrogens (tertiary/aromatic N) is 1. The number of carbonyl (C=O) groups is 1. The van der Waals surface area contributed by atoms with Crippen molar-refractivity contribution in [1.29, 1.82) is 0 Å². The molecule has 0 aliphatic carbocycles. The van der Waals surface area contributed by atoms with Gasteiger partial charge in [0.25, 0.3) is 5.91 Å². The molecule has 0 unspecified atom stereocenters. The van der Waals surface area contributed by atoms with Gasteiger partial charge in [-0.3, -0.25) is 15.2 Å². The van der Waals surface area contributed by atoms with Crippen molar-refractivity contribution in [3.63, 3.8) is 0 Å². The number of nitrogens with two attached hydrogens (primary N) is 1. The first-order valence-corrected chi connectivity index (χ1v) is 4.50. The van der Waals surface area contributed by atoms with Gasteiger partial charge < -0.3 is 59.1 Å². The molecule has 20 heteroatoms. The Labute approximate surface area is 164 Å². The van der Waals surface area contributed by atoms with Crippen LogP contribution in [0.2, 0.25) is 0 Å². The molecule has 8 nitrogen and oxygen atoms in total. The molecule has 0 saturated heterocycles. The average molecular weight is 514 g/mol. The van der Waals surface area contributed by atoms with Gasteiger partial charge in [-0.05, 0) is 12.1 Å². The minimum atomic E-state index is -6.00. The van der Waals surface area contributed by atoms with Crippen LogP contribution in [0, 0.1) is 0 Å². The summed E-state index contributed by atoms with van der Waals surface area (Å²) in [5.74, 6) is 4.58. The second-order valence-electron chi connectivity index (χ2n) is 2.70. The normalized spacial score (nSPS) is 8.04. The van der Waals surface area contributed by atoms with Gasteiger partial charge in [0.1, 0.15) is 0 Å². The summed E-state index contributed by atoms with van der Waals surface area (Å²) in [4.78, 5) is 14.5. The van der Waals surface area contributed by atoms with Crippen LogP contribution >= 0.6 is 13.5 Å². The topological polar surface area (TPSA) is 208 Å². The SMILES string of the molecule is F[B-](F)(F)F.F[B-](F)(F)F.N.N.N.N.NNC(=O)c1ccncc1.S.[Ru+2]. The summed E-state index contributed by atoms with van der Waals surface area (Å²) in [6, 6.07) is 3.17. The van der Waals surface area contributed by atoms with Gasteiger partial charge in [-0.2, -0.15) is 13.5 Å². The second-order valence-corrected chi connectivity index (χ2v) is 2.70. The fraction of sp³-hybridized carbons (Fsp3) is 0. The largest absolute Gasteiger partial charge is 2.00 e. The second kappa shape index (κ2) is 24.0. The zero-order valence-corrected chi connectivity index (χ0v) is 15.8. The smallest absolute Gasteiger partial charge is 0.418 e. The van der Waals surface area contributed by atoms with Crippen molar-refractivity contribution >= 4 is 33.9 Å². The van der Waals surface area contributed by atoms with Crippen LogP contribution in [0.3, 0.4) is 0 Å². The number of hydrogen-bond acceptors (Lipinski definition) is 7. The van der Waals surface area contributed by atoms with E-state index in [0.29, 0.717) is 5.56 Å². The summed E-state index contributed by atoms with van der Waals surface area (Å²) in [6.07, 6.45) is 3.06. The predicted octanol–water partition coefficient (Wildman–Crippen LogP) is 3.04. The summed E-state index contributed by atoms with van der Waals surface area (Å²) < 4.78 is 78.0. The molecule has 1 aromatic heterocycles. The van der Waals surface area contributed by atoms with Gasteiger partial charge in [0.2, 0.25) is 0 Å². The zero-order chi connectivity index (χ0) is 16.4. The molecule has 0 atom stereocenters. The summed E-state index contributed by atoms with van der Waals surface area (Å²) in [5.41, 5.74) is 2.53. The molecule has 0 fully saturated rings. The van der Waals surface area contributed by atoms with Crippen LogP contribution in [0.4, 0.5) is 34.5 Å². The molecule has 0 radical (unpaired) electrons.